The first kappa shape index (κ1) is 29.9. The molecule has 16 heteroatoms. The second-order valence-corrected chi connectivity index (χ2v) is 9.28. The molecule has 3 heterocycles. The van der Waals surface area contributed by atoms with Gasteiger partial charge in [-0.05, 0) is 31.9 Å². The van der Waals surface area contributed by atoms with Crippen molar-refractivity contribution in [1.82, 2.24) is 20.3 Å². The molecule has 0 spiro atoms. The molecule has 0 radical (unpaired) electrons. The fourth-order valence-corrected chi connectivity index (χ4v) is 4.41. The highest BCUT2D eigenvalue weighted by Crippen LogP contribution is 2.38. The zero-order chi connectivity index (χ0) is 30.3. The van der Waals surface area contributed by atoms with Crippen LogP contribution in [0.3, 0.4) is 0 Å². The first-order valence-corrected chi connectivity index (χ1v) is 12.0. The molecule has 1 aromatic carbocycles. The van der Waals surface area contributed by atoms with E-state index in [2.05, 4.69) is 15.3 Å². The summed E-state index contributed by atoms with van der Waals surface area (Å²) in [4.78, 5) is 34.8. The summed E-state index contributed by atoms with van der Waals surface area (Å²) in [5, 5.41) is 2.42. The number of rotatable bonds is 5. The van der Waals surface area contributed by atoms with Crippen LogP contribution in [-0.2, 0) is 23.7 Å². The molecule has 0 unspecified atom stereocenters. The van der Waals surface area contributed by atoms with E-state index < -0.39 is 81.9 Å². The lowest BCUT2D eigenvalue weighted by Gasteiger charge is -2.32. The predicted octanol–water partition coefficient (Wildman–Crippen LogP) is 5.13. The van der Waals surface area contributed by atoms with Crippen LogP contribution in [0.4, 0.5) is 45.3 Å². The molecule has 7 nitrogen and oxygen atoms in total. The zero-order valence-electron chi connectivity index (χ0n) is 21.0. The third-order valence-corrected chi connectivity index (χ3v) is 6.56. The zero-order valence-corrected chi connectivity index (χ0v) is 21.0. The lowest BCUT2D eigenvalue weighted by Crippen LogP contribution is -2.41. The highest BCUT2D eigenvalue weighted by molar-refractivity contribution is 5.79. The molecular formula is C25H20F9N5O2. The number of piperidine rings is 1. The number of anilines is 1. The third-order valence-electron chi connectivity index (χ3n) is 6.56. The van der Waals surface area contributed by atoms with Gasteiger partial charge in [-0.3, -0.25) is 9.59 Å². The minimum atomic E-state index is -5.06. The van der Waals surface area contributed by atoms with Crippen LogP contribution in [0.15, 0.2) is 29.2 Å². The van der Waals surface area contributed by atoms with Crippen molar-refractivity contribution in [3.63, 3.8) is 0 Å². The smallest absolute Gasteiger partial charge is 0.354 e. The number of alkyl halides is 6. The molecule has 1 amide bonds. The van der Waals surface area contributed by atoms with Gasteiger partial charge in [0, 0.05) is 37.3 Å². The van der Waals surface area contributed by atoms with Gasteiger partial charge in [0.05, 0.1) is 22.4 Å². The summed E-state index contributed by atoms with van der Waals surface area (Å²) >= 11 is 0. The number of nitrogens with zero attached hydrogens (tertiary/aromatic N) is 3. The SMILES string of the molecule is Cc1nc(-c2c(C(F)(F)F)ccc(CNC(=O)C3CCN(c4ncc(C(F)(F)F)cc4F)CC3)c2F)[nH]c(=O)c1F. The largest absolute Gasteiger partial charge is 0.417 e. The van der Waals surface area contributed by atoms with Crippen LogP contribution in [0, 0.1) is 30.3 Å². The molecule has 0 saturated carbocycles. The van der Waals surface area contributed by atoms with E-state index in [9.17, 15) is 44.7 Å². The molecule has 0 atom stereocenters. The topological polar surface area (TPSA) is 91.0 Å². The van der Waals surface area contributed by atoms with Gasteiger partial charge in [-0.15, -0.1) is 0 Å². The number of aromatic amines is 1. The molecule has 2 N–H and O–H groups in total. The normalized spacial score (nSPS) is 14.8. The van der Waals surface area contributed by atoms with Crippen LogP contribution in [0.5, 0.6) is 0 Å². The average molecular weight is 593 g/mol. The molecule has 1 fully saturated rings. The van der Waals surface area contributed by atoms with Crippen molar-refractivity contribution in [3.8, 4) is 11.4 Å². The Kier molecular flexibility index (Phi) is 8.05. The van der Waals surface area contributed by atoms with E-state index in [4.69, 9.17) is 0 Å². The molecule has 1 aliphatic rings. The maximum Gasteiger partial charge on any atom is 0.417 e. The number of hydrogen-bond donors (Lipinski definition) is 2. The molecule has 3 aromatic rings. The lowest BCUT2D eigenvalue weighted by atomic mass is 9.95. The van der Waals surface area contributed by atoms with Gasteiger partial charge in [0.15, 0.2) is 11.6 Å². The number of benzene rings is 1. The second-order valence-electron chi connectivity index (χ2n) is 9.28. The number of carbonyl (C=O) groups is 1. The van der Waals surface area contributed by atoms with Crippen LogP contribution < -0.4 is 15.8 Å². The number of nitrogens with one attached hydrogen (secondary N) is 2. The molecule has 41 heavy (non-hydrogen) atoms. The van der Waals surface area contributed by atoms with E-state index >= 15 is 4.39 Å². The molecule has 1 saturated heterocycles. The Morgan fingerprint density at radius 3 is 2.27 bits per heavy atom. The molecule has 2 aromatic heterocycles. The quantitative estimate of drug-likeness (QED) is 0.401. The summed E-state index contributed by atoms with van der Waals surface area (Å²) in [7, 11) is 0. The number of hydrogen-bond acceptors (Lipinski definition) is 5. The van der Waals surface area contributed by atoms with Gasteiger partial charge in [0.25, 0.3) is 5.56 Å². The van der Waals surface area contributed by atoms with E-state index in [0.717, 1.165) is 13.0 Å². The Hall–Kier alpha value is -4.11. The van der Waals surface area contributed by atoms with Gasteiger partial charge >= 0.3 is 12.4 Å². The van der Waals surface area contributed by atoms with Gasteiger partial charge in [0.2, 0.25) is 11.7 Å². The van der Waals surface area contributed by atoms with Crippen molar-refractivity contribution >= 4 is 11.7 Å². The predicted molar refractivity (Wildman–Crippen MR) is 126 cm³/mol. The molecule has 1 aliphatic heterocycles. The summed E-state index contributed by atoms with van der Waals surface area (Å²) in [6.45, 7) is 0.608. The first-order valence-electron chi connectivity index (χ1n) is 12.0. The number of aromatic nitrogens is 3. The van der Waals surface area contributed by atoms with Crippen LogP contribution in [0.1, 0.15) is 35.2 Å². The molecule has 220 valence electrons. The number of H-pyrrole nitrogens is 1. The summed E-state index contributed by atoms with van der Waals surface area (Å²) < 4.78 is 122. The lowest BCUT2D eigenvalue weighted by molar-refractivity contribution is -0.138. The third kappa shape index (κ3) is 6.30. The maximum atomic E-state index is 15.4. The molecular weight excluding hydrogens is 573 g/mol. The van der Waals surface area contributed by atoms with Crippen molar-refractivity contribution < 1.29 is 44.3 Å². The number of carbonyl (C=O) groups excluding carboxylic acids is 1. The number of amides is 1. The Labute approximate surface area is 225 Å². The van der Waals surface area contributed by atoms with Gasteiger partial charge < -0.3 is 15.2 Å². The summed E-state index contributed by atoms with van der Waals surface area (Å²) in [6, 6.07) is 1.67. The van der Waals surface area contributed by atoms with Gasteiger partial charge in [0.1, 0.15) is 11.6 Å². The van der Waals surface area contributed by atoms with Crippen molar-refractivity contribution in [2.45, 2.75) is 38.7 Å². The highest BCUT2D eigenvalue weighted by Gasteiger charge is 2.37. The monoisotopic (exact) mass is 593 g/mol. The van der Waals surface area contributed by atoms with E-state index in [0.29, 0.717) is 18.3 Å². The fourth-order valence-electron chi connectivity index (χ4n) is 4.41. The standard InChI is InChI=1S/C25H20F9N5O2/c1-11-18(27)23(41)38-20(37-11)17-15(25(32,33)34)3-2-13(19(17)28)9-36-22(40)12-4-6-39(7-5-12)21-16(26)8-14(10-35-21)24(29,30)31/h2-3,8,10,12H,4-7,9H2,1H3,(H,36,40)(H,37,38,41). The second kappa shape index (κ2) is 11.0. The van der Waals surface area contributed by atoms with Crippen molar-refractivity contribution in [2.75, 3.05) is 18.0 Å². The van der Waals surface area contributed by atoms with Crippen LogP contribution in [0.2, 0.25) is 0 Å². The number of halogens is 9. The minimum Gasteiger partial charge on any atom is -0.354 e. The Balaban J connectivity index is 1.47. The Bertz CT molecular complexity index is 1530. The molecule has 4 rings (SSSR count). The number of pyridine rings is 1. The minimum absolute atomic E-state index is 0.0646. The maximum absolute atomic E-state index is 15.4. The van der Waals surface area contributed by atoms with Crippen molar-refractivity contribution in [2.24, 2.45) is 5.92 Å². The Morgan fingerprint density at radius 2 is 1.71 bits per heavy atom. The van der Waals surface area contributed by atoms with Gasteiger partial charge in [-0.2, -0.15) is 30.7 Å². The fraction of sp³-hybridized carbons (Fsp3) is 0.360. The van der Waals surface area contributed by atoms with E-state index in [-0.39, 0.29) is 37.3 Å². The molecule has 0 bridgehead atoms. The van der Waals surface area contributed by atoms with Crippen LogP contribution >= 0.6 is 0 Å². The Morgan fingerprint density at radius 1 is 1.05 bits per heavy atom. The average Bonchev–Trinajstić information content (AvgIpc) is 2.89. The van der Waals surface area contributed by atoms with E-state index in [1.807, 2.05) is 0 Å². The first-order chi connectivity index (χ1) is 19.1. The van der Waals surface area contributed by atoms with Crippen molar-refractivity contribution in [1.29, 1.82) is 0 Å². The van der Waals surface area contributed by atoms with Crippen molar-refractivity contribution in [3.05, 3.63) is 74.6 Å². The summed E-state index contributed by atoms with van der Waals surface area (Å²) in [6.07, 6.45) is -9.06. The summed E-state index contributed by atoms with van der Waals surface area (Å²) in [5.41, 5.74) is -6.16. The van der Waals surface area contributed by atoms with E-state index in [1.165, 1.54) is 4.90 Å². The van der Waals surface area contributed by atoms with Gasteiger partial charge in [-0.1, -0.05) is 6.07 Å². The summed E-state index contributed by atoms with van der Waals surface area (Å²) in [5.74, 6) is -6.36. The van der Waals surface area contributed by atoms with Crippen LogP contribution in [0.25, 0.3) is 11.4 Å². The number of aryl methyl sites for hydroxylation is 1. The highest BCUT2D eigenvalue weighted by atomic mass is 19.4. The molecule has 0 aliphatic carbocycles. The van der Waals surface area contributed by atoms with E-state index in [1.54, 1.807) is 4.98 Å². The van der Waals surface area contributed by atoms with Crippen LogP contribution in [-0.4, -0.2) is 33.9 Å². The van der Waals surface area contributed by atoms with Gasteiger partial charge in [-0.25, -0.2) is 18.7 Å².